The van der Waals surface area contributed by atoms with Gasteiger partial charge in [-0.1, -0.05) is 24.6 Å². The van der Waals surface area contributed by atoms with E-state index in [-0.39, 0.29) is 5.91 Å². The Balaban J connectivity index is 2.10. The molecule has 0 aliphatic rings. The number of hydrogen-bond acceptors (Lipinski definition) is 3. The Kier molecular flexibility index (Phi) is 5.06. The first-order valence-electron chi connectivity index (χ1n) is 6.69. The second-order valence-electron chi connectivity index (χ2n) is 4.57. The van der Waals surface area contributed by atoms with Gasteiger partial charge in [0.05, 0.1) is 17.3 Å². The average molecular weight is 305 g/mol. The molecule has 0 atom stereocenters. The van der Waals surface area contributed by atoms with Crippen LogP contribution in [0.2, 0.25) is 5.02 Å². The molecule has 110 valence electrons. The van der Waals surface area contributed by atoms with Gasteiger partial charge in [-0.05, 0) is 36.8 Å². The van der Waals surface area contributed by atoms with Crippen molar-refractivity contribution in [3.05, 3.63) is 53.1 Å². The number of rotatable bonds is 5. The number of nitrogen functional groups attached to an aromatic ring is 1. The van der Waals surface area contributed by atoms with Gasteiger partial charge in [0.25, 0.3) is 5.91 Å². The number of carbonyl (C=O) groups excluding carboxylic acids is 1. The highest BCUT2D eigenvalue weighted by Crippen LogP contribution is 2.21. The van der Waals surface area contributed by atoms with Gasteiger partial charge < -0.3 is 15.8 Å². The molecule has 2 aromatic rings. The summed E-state index contributed by atoms with van der Waals surface area (Å²) >= 11 is 5.84. The maximum Gasteiger partial charge on any atom is 0.255 e. The molecule has 0 bridgehead atoms. The van der Waals surface area contributed by atoms with Crippen molar-refractivity contribution in [3.8, 4) is 5.75 Å². The molecule has 1 amide bonds. The van der Waals surface area contributed by atoms with Crippen molar-refractivity contribution >= 4 is 28.9 Å². The molecule has 3 N–H and O–H groups in total. The van der Waals surface area contributed by atoms with Gasteiger partial charge in [-0.25, -0.2) is 0 Å². The molecule has 0 unspecified atom stereocenters. The fourth-order valence-electron chi connectivity index (χ4n) is 1.77. The van der Waals surface area contributed by atoms with Crippen LogP contribution < -0.4 is 15.8 Å². The molecular formula is C16H17ClN2O2. The molecule has 4 nitrogen and oxygen atoms in total. The van der Waals surface area contributed by atoms with Crippen LogP contribution in [-0.2, 0) is 0 Å². The summed E-state index contributed by atoms with van der Waals surface area (Å²) in [6, 6.07) is 12.1. The normalized spacial score (nSPS) is 10.2. The molecule has 0 radical (unpaired) electrons. The molecule has 0 aliphatic heterocycles. The number of nitrogens with two attached hydrogens (primary N) is 1. The molecular weight excluding hydrogens is 288 g/mol. The largest absolute Gasteiger partial charge is 0.494 e. The minimum absolute atomic E-state index is 0.244. The van der Waals surface area contributed by atoms with Crippen LogP contribution in [0, 0.1) is 0 Å². The van der Waals surface area contributed by atoms with E-state index in [0.29, 0.717) is 28.6 Å². The molecule has 2 aromatic carbocycles. The van der Waals surface area contributed by atoms with Gasteiger partial charge in [-0.15, -0.1) is 0 Å². The van der Waals surface area contributed by atoms with Crippen LogP contribution in [0.1, 0.15) is 23.7 Å². The summed E-state index contributed by atoms with van der Waals surface area (Å²) < 4.78 is 5.53. The lowest BCUT2D eigenvalue weighted by Crippen LogP contribution is -2.12. The van der Waals surface area contributed by atoms with Gasteiger partial charge >= 0.3 is 0 Å². The maximum absolute atomic E-state index is 12.2. The summed E-state index contributed by atoms with van der Waals surface area (Å²) in [4.78, 5) is 12.2. The van der Waals surface area contributed by atoms with Crippen LogP contribution >= 0.6 is 11.6 Å². The minimum atomic E-state index is -0.244. The summed E-state index contributed by atoms with van der Waals surface area (Å²) in [6.45, 7) is 2.68. The van der Waals surface area contributed by atoms with Gasteiger partial charge in [0.2, 0.25) is 0 Å². The van der Waals surface area contributed by atoms with Crippen molar-refractivity contribution in [2.75, 3.05) is 17.7 Å². The fraction of sp³-hybridized carbons (Fsp3) is 0.188. The quantitative estimate of drug-likeness (QED) is 0.822. The summed E-state index contributed by atoms with van der Waals surface area (Å²) in [7, 11) is 0. The van der Waals surface area contributed by atoms with Crippen molar-refractivity contribution in [3.63, 3.8) is 0 Å². The van der Waals surface area contributed by atoms with E-state index in [0.717, 1.165) is 12.2 Å². The first kappa shape index (κ1) is 15.2. The topological polar surface area (TPSA) is 64.3 Å². The zero-order chi connectivity index (χ0) is 15.2. The molecule has 21 heavy (non-hydrogen) atoms. The van der Waals surface area contributed by atoms with Crippen LogP contribution in [0.5, 0.6) is 5.75 Å². The Hall–Kier alpha value is -2.20. The Morgan fingerprint density at radius 2 is 2.10 bits per heavy atom. The van der Waals surface area contributed by atoms with Crippen molar-refractivity contribution in [2.45, 2.75) is 13.3 Å². The second-order valence-corrected chi connectivity index (χ2v) is 4.97. The third-order valence-electron chi connectivity index (χ3n) is 2.82. The highest BCUT2D eigenvalue weighted by molar-refractivity contribution is 6.33. The molecule has 0 fully saturated rings. The summed E-state index contributed by atoms with van der Waals surface area (Å²) in [5.74, 6) is 0.483. The van der Waals surface area contributed by atoms with Gasteiger partial charge in [0.15, 0.2) is 0 Å². The number of carbonyl (C=O) groups is 1. The van der Waals surface area contributed by atoms with Crippen LogP contribution in [-0.4, -0.2) is 12.5 Å². The molecule has 2 rings (SSSR count). The summed E-state index contributed by atoms with van der Waals surface area (Å²) in [6.07, 6.45) is 0.931. The van der Waals surface area contributed by atoms with E-state index >= 15 is 0 Å². The minimum Gasteiger partial charge on any atom is -0.494 e. The van der Waals surface area contributed by atoms with E-state index in [1.807, 2.05) is 19.1 Å². The van der Waals surface area contributed by atoms with Crippen molar-refractivity contribution in [1.82, 2.24) is 0 Å². The first-order valence-corrected chi connectivity index (χ1v) is 7.07. The lowest BCUT2D eigenvalue weighted by Gasteiger charge is -2.09. The van der Waals surface area contributed by atoms with Gasteiger partial charge in [0, 0.05) is 17.3 Å². The van der Waals surface area contributed by atoms with Crippen LogP contribution in [0.15, 0.2) is 42.5 Å². The number of amides is 1. The van der Waals surface area contributed by atoms with E-state index in [2.05, 4.69) is 5.32 Å². The van der Waals surface area contributed by atoms with E-state index < -0.39 is 0 Å². The third kappa shape index (κ3) is 4.13. The lowest BCUT2D eigenvalue weighted by atomic mass is 10.2. The number of benzene rings is 2. The van der Waals surface area contributed by atoms with E-state index in [1.165, 1.54) is 0 Å². The molecule has 0 spiro atoms. The molecule has 5 heteroatoms. The molecule has 0 aliphatic carbocycles. The van der Waals surface area contributed by atoms with E-state index in [1.54, 1.807) is 30.3 Å². The second kappa shape index (κ2) is 6.99. The van der Waals surface area contributed by atoms with Gasteiger partial charge in [-0.2, -0.15) is 0 Å². The van der Waals surface area contributed by atoms with Crippen molar-refractivity contribution < 1.29 is 9.53 Å². The van der Waals surface area contributed by atoms with Gasteiger partial charge in [0.1, 0.15) is 5.75 Å². The molecule has 0 aromatic heterocycles. The Morgan fingerprint density at radius 3 is 2.81 bits per heavy atom. The van der Waals surface area contributed by atoms with Gasteiger partial charge in [-0.3, -0.25) is 4.79 Å². The van der Waals surface area contributed by atoms with Crippen LogP contribution in [0.3, 0.4) is 0 Å². The molecule has 0 saturated heterocycles. The Bertz CT molecular complexity index is 644. The monoisotopic (exact) mass is 304 g/mol. The van der Waals surface area contributed by atoms with Crippen molar-refractivity contribution in [1.29, 1.82) is 0 Å². The number of nitrogens with one attached hydrogen (secondary N) is 1. The van der Waals surface area contributed by atoms with Crippen LogP contribution in [0.4, 0.5) is 11.4 Å². The van der Waals surface area contributed by atoms with Crippen LogP contribution in [0.25, 0.3) is 0 Å². The summed E-state index contributed by atoms with van der Waals surface area (Å²) in [5, 5.41) is 3.24. The highest BCUT2D eigenvalue weighted by Gasteiger charge is 2.08. The third-order valence-corrected chi connectivity index (χ3v) is 3.17. The zero-order valence-electron chi connectivity index (χ0n) is 11.7. The van der Waals surface area contributed by atoms with E-state index in [9.17, 15) is 4.79 Å². The number of hydrogen-bond donors (Lipinski definition) is 2. The zero-order valence-corrected chi connectivity index (χ0v) is 12.5. The predicted octanol–water partition coefficient (Wildman–Crippen LogP) is 3.96. The maximum atomic E-state index is 12.2. The lowest BCUT2D eigenvalue weighted by molar-refractivity contribution is 0.102. The first-order chi connectivity index (χ1) is 10.1. The standard InChI is InChI=1S/C16H17ClN2O2/c1-2-8-21-13-5-3-4-12(10-13)19-16(20)11-6-7-14(17)15(18)9-11/h3-7,9-10H,2,8,18H2,1H3,(H,19,20). The SMILES string of the molecule is CCCOc1cccc(NC(=O)c2ccc(Cl)c(N)c2)c1. The molecule has 0 saturated carbocycles. The molecule has 0 heterocycles. The number of ether oxygens (including phenoxy) is 1. The predicted molar refractivity (Wildman–Crippen MR) is 86.0 cm³/mol. The Morgan fingerprint density at radius 1 is 1.29 bits per heavy atom. The highest BCUT2D eigenvalue weighted by atomic mass is 35.5. The van der Waals surface area contributed by atoms with E-state index in [4.69, 9.17) is 22.1 Å². The number of halogens is 1. The fourth-order valence-corrected chi connectivity index (χ4v) is 1.89. The summed E-state index contributed by atoms with van der Waals surface area (Å²) in [5.41, 5.74) is 7.20. The Labute approximate surface area is 128 Å². The number of anilines is 2. The van der Waals surface area contributed by atoms with Crippen molar-refractivity contribution in [2.24, 2.45) is 0 Å². The average Bonchev–Trinajstić information content (AvgIpc) is 2.48. The smallest absolute Gasteiger partial charge is 0.255 e.